The average Bonchev–Trinajstić information content (AvgIpc) is 2.84. The van der Waals surface area contributed by atoms with E-state index >= 15 is 0 Å². The summed E-state index contributed by atoms with van der Waals surface area (Å²) in [5.74, 6) is 0.298. The standard InChI is InChI=1S/C14H12FNO3/c1-2-10(16(17)18)9-11-7-8-14(19-11)12-5-3-4-6-13(12)15/h3-9H,2H2,1H3. The Morgan fingerprint density at radius 3 is 2.74 bits per heavy atom. The van der Waals surface area contributed by atoms with Gasteiger partial charge in [-0.1, -0.05) is 19.1 Å². The van der Waals surface area contributed by atoms with Gasteiger partial charge in [0.1, 0.15) is 17.3 Å². The van der Waals surface area contributed by atoms with Gasteiger partial charge in [-0.3, -0.25) is 10.1 Å². The molecule has 2 aromatic rings. The Morgan fingerprint density at radius 2 is 2.11 bits per heavy atom. The maximum atomic E-state index is 13.6. The summed E-state index contributed by atoms with van der Waals surface area (Å²) in [5, 5.41) is 10.7. The lowest BCUT2D eigenvalue weighted by atomic mass is 10.1. The topological polar surface area (TPSA) is 56.3 Å². The monoisotopic (exact) mass is 261 g/mol. The minimum absolute atomic E-state index is 0.0504. The van der Waals surface area contributed by atoms with Gasteiger partial charge in [0.2, 0.25) is 5.70 Å². The van der Waals surface area contributed by atoms with E-state index in [9.17, 15) is 14.5 Å². The highest BCUT2D eigenvalue weighted by molar-refractivity contribution is 5.60. The van der Waals surface area contributed by atoms with E-state index in [1.54, 1.807) is 37.3 Å². The third-order valence-corrected chi connectivity index (χ3v) is 2.67. The first kappa shape index (κ1) is 13.0. The van der Waals surface area contributed by atoms with Gasteiger partial charge in [-0.15, -0.1) is 0 Å². The van der Waals surface area contributed by atoms with Crippen molar-refractivity contribution in [2.24, 2.45) is 0 Å². The number of nitrogens with zero attached hydrogens (tertiary/aromatic N) is 1. The molecule has 4 nitrogen and oxygen atoms in total. The fraction of sp³-hybridized carbons (Fsp3) is 0.143. The lowest BCUT2D eigenvalue weighted by molar-refractivity contribution is -0.425. The molecular formula is C14H12FNO3. The van der Waals surface area contributed by atoms with E-state index < -0.39 is 10.7 Å². The third kappa shape index (κ3) is 2.88. The molecule has 0 aliphatic rings. The minimum atomic E-state index is -0.453. The number of nitro groups is 1. The average molecular weight is 261 g/mol. The van der Waals surface area contributed by atoms with Crippen LogP contribution in [0.2, 0.25) is 0 Å². The second-order valence-corrected chi connectivity index (χ2v) is 3.93. The molecule has 0 spiro atoms. The molecule has 1 heterocycles. The first-order valence-corrected chi connectivity index (χ1v) is 5.81. The second kappa shape index (κ2) is 5.48. The fourth-order valence-corrected chi connectivity index (χ4v) is 1.68. The summed E-state index contributed by atoms with van der Waals surface area (Å²) in [6.07, 6.45) is 1.65. The lowest BCUT2D eigenvalue weighted by Crippen LogP contribution is -1.96. The van der Waals surface area contributed by atoms with E-state index in [2.05, 4.69) is 0 Å². The van der Waals surface area contributed by atoms with Crippen LogP contribution in [0.5, 0.6) is 0 Å². The Hall–Kier alpha value is -2.43. The van der Waals surface area contributed by atoms with Crippen LogP contribution in [-0.4, -0.2) is 4.92 Å². The van der Waals surface area contributed by atoms with Crippen molar-refractivity contribution in [1.29, 1.82) is 0 Å². The fourth-order valence-electron chi connectivity index (χ4n) is 1.68. The molecule has 2 rings (SSSR count). The molecule has 0 saturated heterocycles. The van der Waals surface area contributed by atoms with Crippen molar-refractivity contribution in [3.63, 3.8) is 0 Å². The van der Waals surface area contributed by atoms with Gasteiger partial charge in [0.05, 0.1) is 16.6 Å². The summed E-state index contributed by atoms with van der Waals surface area (Å²) in [6.45, 7) is 1.69. The first-order chi connectivity index (χ1) is 9.11. The van der Waals surface area contributed by atoms with E-state index in [-0.39, 0.29) is 5.70 Å². The highest BCUT2D eigenvalue weighted by Crippen LogP contribution is 2.25. The van der Waals surface area contributed by atoms with E-state index in [0.717, 1.165) is 0 Å². The Morgan fingerprint density at radius 1 is 1.37 bits per heavy atom. The number of halogens is 1. The summed E-state index contributed by atoms with van der Waals surface area (Å²) in [7, 11) is 0. The normalized spacial score (nSPS) is 11.6. The van der Waals surface area contributed by atoms with Crippen LogP contribution in [0.15, 0.2) is 46.5 Å². The maximum Gasteiger partial charge on any atom is 0.249 e. The van der Waals surface area contributed by atoms with Crippen molar-refractivity contribution in [3.05, 3.63) is 63.8 Å². The molecule has 0 fully saturated rings. The summed E-state index contributed by atoms with van der Waals surface area (Å²) >= 11 is 0. The molecule has 19 heavy (non-hydrogen) atoms. The minimum Gasteiger partial charge on any atom is -0.456 e. The number of hydrogen-bond acceptors (Lipinski definition) is 3. The SMILES string of the molecule is CCC(=Cc1ccc(-c2ccccc2F)o1)[N+](=O)[O-]. The zero-order valence-corrected chi connectivity index (χ0v) is 10.3. The summed E-state index contributed by atoms with van der Waals surface area (Å²) < 4.78 is 19.0. The molecule has 5 heteroatoms. The molecule has 0 saturated carbocycles. The predicted octanol–water partition coefficient (Wildman–Crippen LogP) is 4.11. The molecule has 0 unspecified atom stereocenters. The van der Waals surface area contributed by atoms with Gasteiger partial charge in [0, 0.05) is 6.42 Å². The van der Waals surface area contributed by atoms with Crippen LogP contribution >= 0.6 is 0 Å². The van der Waals surface area contributed by atoms with Gasteiger partial charge in [0.25, 0.3) is 0 Å². The van der Waals surface area contributed by atoms with Crippen molar-refractivity contribution >= 4 is 6.08 Å². The van der Waals surface area contributed by atoms with Crippen molar-refractivity contribution in [2.45, 2.75) is 13.3 Å². The van der Waals surface area contributed by atoms with E-state index in [1.807, 2.05) is 0 Å². The van der Waals surface area contributed by atoms with E-state index in [4.69, 9.17) is 4.42 Å². The predicted molar refractivity (Wildman–Crippen MR) is 69.4 cm³/mol. The number of benzene rings is 1. The number of allylic oxidation sites excluding steroid dienone is 1. The van der Waals surface area contributed by atoms with Crippen molar-refractivity contribution in [1.82, 2.24) is 0 Å². The van der Waals surface area contributed by atoms with Crippen molar-refractivity contribution in [3.8, 4) is 11.3 Å². The maximum absolute atomic E-state index is 13.6. The van der Waals surface area contributed by atoms with Gasteiger partial charge in [0.15, 0.2) is 0 Å². The van der Waals surface area contributed by atoms with Crippen LogP contribution in [0.25, 0.3) is 17.4 Å². The molecule has 0 atom stereocenters. The number of rotatable bonds is 4. The smallest absolute Gasteiger partial charge is 0.249 e. The molecule has 1 aromatic heterocycles. The molecule has 0 aliphatic carbocycles. The highest BCUT2D eigenvalue weighted by Gasteiger charge is 2.11. The van der Waals surface area contributed by atoms with Crippen LogP contribution in [0.4, 0.5) is 4.39 Å². The van der Waals surface area contributed by atoms with Gasteiger partial charge in [-0.25, -0.2) is 4.39 Å². The molecule has 0 amide bonds. The van der Waals surface area contributed by atoms with Gasteiger partial charge >= 0.3 is 0 Å². The molecule has 0 N–H and O–H groups in total. The van der Waals surface area contributed by atoms with E-state index in [0.29, 0.717) is 23.5 Å². The van der Waals surface area contributed by atoms with Gasteiger partial charge < -0.3 is 4.42 Å². The largest absolute Gasteiger partial charge is 0.456 e. The van der Waals surface area contributed by atoms with Crippen LogP contribution in [-0.2, 0) is 0 Å². The Kier molecular flexibility index (Phi) is 3.75. The van der Waals surface area contributed by atoms with E-state index in [1.165, 1.54) is 12.1 Å². The summed E-state index contributed by atoms with van der Waals surface area (Å²) in [4.78, 5) is 10.2. The first-order valence-electron chi connectivity index (χ1n) is 5.81. The second-order valence-electron chi connectivity index (χ2n) is 3.93. The zero-order chi connectivity index (χ0) is 13.8. The summed E-state index contributed by atoms with van der Waals surface area (Å²) in [6, 6.07) is 9.39. The van der Waals surface area contributed by atoms with Crippen LogP contribution in [0, 0.1) is 15.9 Å². The number of furan rings is 1. The van der Waals surface area contributed by atoms with Crippen LogP contribution < -0.4 is 0 Å². The number of hydrogen-bond donors (Lipinski definition) is 0. The zero-order valence-electron chi connectivity index (χ0n) is 10.3. The Bertz CT molecular complexity index is 631. The van der Waals surface area contributed by atoms with Gasteiger partial charge in [-0.05, 0) is 24.3 Å². The summed E-state index contributed by atoms with van der Waals surface area (Å²) in [5.41, 5.74) is 0.385. The lowest BCUT2D eigenvalue weighted by Gasteiger charge is -1.98. The molecule has 0 aliphatic heterocycles. The Labute approximate surface area is 109 Å². The van der Waals surface area contributed by atoms with Gasteiger partial charge in [-0.2, -0.15) is 0 Å². The van der Waals surface area contributed by atoms with Crippen molar-refractivity contribution < 1.29 is 13.7 Å². The highest BCUT2D eigenvalue weighted by atomic mass is 19.1. The molecule has 0 bridgehead atoms. The molecule has 98 valence electrons. The quantitative estimate of drug-likeness (QED) is 0.614. The Balaban J connectivity index is 2.35. The van der Waals surface area contributed by atoms with Crippen molar-refractivity contribution in [2.75, 3.05) is 0 Å². The molecular weight excluding hydrogens is 249 g/mol. The van der Waals surface area contributed by atoms with Crippen LogP contribution in [0.1, 0.15) is 19.1 Å². The van der Waals surface area contributed by atoms with Crippen LogP contribution in [0.3, 0.4) is 0 Å². The molecule has 0 radical (unpaired) electrons. The molecule has 1 aromatic carbocycles. The third-order valence-electron chi connectivity index (χ3n) is 2.67.